The molecule has 0 heterocycles. The minimum absolute atomic E-state index is 0. The molecule has 0 nitrogen and oxygen atoms in total. The maximum atomic E-state index is 2.19. The van der Waals surface area contributed by atoms with Crippen LogP contribution in [0.5, 0.6) is 0 Å². The topological polar surface area (TPSA) is 0 Å². The Kier molecular flexibility index (Phi) is 263. The van der Waals surface area contributed by atoms with Gasteiger partial charge in [0.05, 0.1) is 0 Å². The van der Waals surface area contributed by atoms with Crippen LogP contribution in [0.4, 0.5) is 0 Å². The Balaban J connectivity index is -0.00000000736. The summed E-state index contributed by atoms with van der Waals surface area (Å²) in [6, 6.07) is 0. The summed E-state index contributed by atoms with van der Waals surface area (Å²) < 4.78 is 0. The van der Waals surface area contributed by atoms with Crippen molar-refractivity contribution in [3.8, 4) is 0 Å². The van der Waals surface area contributed by atoms with Crippen LogP contribution in [-0.4, -0.2) is 0 Å². The zero-order valence-corrected chi connectivity index (χ0v) is 10.5. The van der Waals surface area contributed by atoms with Crippen molar-refractivity contribution in [2.75, 3.05) is 0 Å². The molecular weight excluding hydrogens is 180 g/mol. The zero-order valence-electron chi connectivity index (χ0n) is 10.5. The van der Waals surface area contributed by atoms with Crippen LogP contribution in [0.1, 0.15) is 98.9 Å². The van der Waals surface area contributed by atoms with Crippen LogP contribution >= 0.6 is 0 Å². The van der Waals surface area contributed by atoms with Gasteiger partial charge in [0.2, 0.25) is 0 Å². The molecule has 0 aromatic heterocycles. The quantitative estimate of drug-likeness (QED) is 0.397. The molecule has 0 rings (SSSR count). The fraction of sp³-hybridized carbons (Fsp3) is 1.00. The van der Waals surface area contributed by atoms with E-state index in [4.69, 9.17) is 0 Å². The normalized spacial score (nSPS) is 5.20. The van der Waals surface area contributed by atoms with Gasteiger partial charge in [0, 0.05) is 0 Å². The summed E-state index contributed by atoms with van der Waals surface area (Å²) in [5.41, 5.74) is 0.500. The van der Waals surface area contributed by atoms with E-state index >= 15 is 0 Å². The summed E-state index contributed by atoms with van der Waals surface area (Å²) >= 11 is 0. The van der Waals surface area contributed by atoms with Crippen molar-refractivity contribution in [3.05, 3.63) is 0 Å². The van der Waals surface area contributed by atoms with E-state index in [1.807, 2.05) is 41.5 Å². The number of hydrogen-bond donors (Lipinski definition) is 0. The maximum Gasteiger partial charge on any atom is -0.0411 e. The summed E-state index contributed by atoms with van der Waals surface area (Å²) in [5, 5.41) is 0. The number of hydrogen-bond acceptors (Lipinski definition) is 0. The first-order valence-corrected chi connectivity index (χ1v) is 5.00. The molecule has 15 heavy (non-hydrogen) atoms. The van der Waals surface area contributed by atoms with E-state index in [1.54, 1.807) is 0 Å². The van der Waals surface area contributed by atoms with Gasteiger partial charge in [0.1, 0.15) is 0 Å². The molecule has 0 radical (unpaired) electrons. The van der Waals surface area contributed by atoms with Gasteiger partial charge in [-0.05, 0) is 5.41 Å². The fourth-order valence-corrected chi connectivity index (χ4v) is 0. The van der Waals surface area contributed by atoms with Crippen LogP contribution in [0.3, 0.4) is 0 Å². The molecule has 0 atom stereocenters. The second-order valence-electron chi connectivity index (χ2n) is 3.00. The summed E-state index contributed by atoms with van der Waals surface area (Å²) in [6.45, 7) is 20.8. The van der Waals surface area contributed by atoms with E-state index in [2.05, 4.69) is 27.7 Å². The van der Waals surface area contributed by atoms with Crippen molar-refractivity contribution in [1.29, 1.82) is 0 Å². The highest BCUT2D eigenvalue weighted by atomic mass is 14.0. The molecule has 0 aliphatic rings. The second-order valence-corrected chi connectivity index (χ2v) is 3.00. The average molecular weight is 227 g/mol. The van der Waals surface area contributed by atoms with Crippen molar-refractivity contribution in [1.82, 2.24) is 0 Å². The van der Waals surface area contributed by atoms with Crippen molar-refractivity contribution >= 4 is 0 Å². The summed E-state index contributed by atoms with van der Waals surface area (Å²) in [4.78, 5) is 0. The first-order valence-electron chi connectivity index (χ1n) is 5.00. The molecule has 0 fully saturated rings. The van der Waals surface area contributed by atoms with E-state index < -0.39 is 0 Å². The minimum atomic E-state index is 0. The molecule has 106 valence electrons. The molecule has 0 saturated carbocycles. The molecule has 0 heteroatoms. The highest BCUT2D eigenvalue weighted by Crippen LogP contribution is 2.07. The molecule has 0 saturated heterocycles. The number of rotatable bonds is 0. The first-order chi connectivity index (χ1) is 5.00. The lowest BCUT2D eigenvalue weighted by Gasteiger charge is -2.05. The van der Waals surface area contributed by atoms with Gasteiger partial charge in [-0.3, -0.25) is 0 Å². The Morgan fingerprint density at radius 1 is 0.400 bits per heavy atom. The second kappa shape index (κ2) is 65.7. The molecule has 0 aliphatic carbocycles. The third-order valence-electron chi connectivity index (χ3n) is 0. The smallest absolute Gasteiger partial charge is 0.0411 e. The molecule has 0 spiro atoms. The van der Waals surface area contributed by atoms with Gasteiger partial charge in [0.15, 0.2) is 0 Å². The van der Waals surface area contributed by atoms with Gasteiger partial charge in [-0.2, -0.15) is 0 Å². The van der Waals surface area contributed by atoms with Crippen molar-refractivity contribution in [2.45, 2.75) is 98.9 Å². The predicted octanol–water partition coefficient (Wildman–Crippen LogP) is 7.68. The van der Waals surface area contributed by atoms with Crippen LogP contribution in [0, 0.1) is 5.41 Å². The molecule has 0 amide bonds. The summed E-state index contributed by atoms with van der Waals surface area (Å²) in [5.74, 6) is 0. The van der Waals surface area contributed by atoms with E-state index in [1.165, 1.54) is 0 Å². The van der Waals surface area contributed by atoms with Crippen LogP contribution < -0.4 is 0 Å². The molecule has 0 aromatic carbocycles. The van der Waals surface area contributed by atoms with Gasteiger partial charge in [0.25, 0.3) is 0 Å². The van der Waals surface area contributed by atoms with Gasteiger partial charge in [-0.25, -0.2) is 0 Å². The Hall–Kier alpha value is 0. The third-order valence-corrected chi connectivity index (χ3v) is 0. The van der Waals surface area contributed by atoms with E-state index in [0.29, 0.717) is 5.41 Å². The van der Waals surface area contributed by atoms with Gasteiger partial charge < -0.3 is 0 Å². The third kappa shape index (κ3) is 0. The highest BCUT2D eigenvalue weighted by Gasteiger charge is 1.95. The zero-order chi connectivity index (χ0) is 10.5. The monoisotopic (exact) mass is 226 g/mol. The highest BCUT2D eigenvalue weighted by molar-refractivity contribution is 4.47. The average Bonchev–Trinajstić information content (AvgIpc) is 1.96. The summed E-state index contributed by atoms with van der Waals surface area (Å²) in [6.07, 6.45) is 0. The first kappa shape index (κ1) is 60.0. The SMILES string of the molecule is C.C.C.C.CC.CC.CC.CC(C)(C)C. The Morgan fingerprint density at radius 3 is 0.400 bits per heavy atom. The standard InChI is InChI=1S/C5H12.3C2H6.4CH4/c1-5(2,3)4;3*1-2;;;;/h1-4H3;3*1-2H3;4*1H4. The minimum Gasteiger partial charge on any atom is -0.0776 e. The van der Waals surface area contributed by atoms with Crippen molar-refractivity contribution in [2.24, 2.45) is 5.41 Å². The van der Waals surface area contributed by atoms with Gasteiger partial charge in [-0.15, -0.1) is 0 Å². The van der Waals surface area contributed by atoms with Gasteiger partial charge in [-0.1, -0.05) is 98.9 Å². The van der Waals surface area contributed by atoms with Crippen molar-refractivity contribution < 1.29 is 0 Å². The molecular formula is C15H46. The Labute approximate surface area is 105 Å². The molecule has 0 bridgehead atoms. The molecule has 0 unspecified atom stereocenters. The largest absolute Gasteiger partial charge is 0.0776 e. The van der Waals surface area contributed by atoms with E-state index in [9.17, 15) is 0 Å². The van der Waals surface area contributed by atoms with Crippen LogP contribution in [-0.2, 0) is 0 Å². The lowest BCUT2D eigenvalue weighted by Crippen LogP contribution is -1.93. The lowest BCUT2D eigenvalue weighted by molar-refractivity contribution is 0.469. The lowest BCUT2D eigenvalue weighted by atomic mass is 10.0. The van der Waals surface area contributed by atoms with Crippen LogP contribution in [0.2, 0.25) is 0 Å². The predicted molar refractivity (Wildman–Crippen MR) is 86.1 cm³/mol. The van der Waals surface area contributed by atoms with Crippen LogP contribution in [0.15, 0.2) is 0 Å². The van der Waals surface area contributed by atoms with Crippen LogP contribution in [0.25, 0.3) is 0 Å². The van der Waals surface area contributed by atoms with Crippen molar-refractivity contribution in [3.63, 3.8) is 0 Å². The molecule has 0 aliphatic heterocycles. The van der Waals surface area contributed by atoms with E-state index in [0.717, 1.165) is 0 Å². The van der Waals surface area contributed by atoms with Gasteiger partial charge >= 0.3 is 0 Å². The Bertz CT molecular complexity index is 15.5. The Morgan fingerprint density at radius 2 is 0.400 bits per heavy atom. The maximum absolute atomic E-state index is 2.19. The van der Waals surface area contributed by atoms with E-state index in [-0.39, 0.29) is 29.7 Å². The molecule has 0 N–H and O–H groups in total. The fourth-order valence-electron chi connectivity index (χ4n) is 0. The molecule has 0 aromatic rings. The summed E-state index contributed by atoms with van der Waals surface area (Å²) in [7, 11) is 0.